The van der Waals surface area contributed by atoms with Crippen molar-refractivity contribution < 1.29 is 4.79 Å². The van der Waals surface area contributed by atoms with Gasteiger partial charge in [0.25, 0.3) is 0 Å². The van der Waals surface area contributed by atoms with E-state index < -0.39 is 0 Å². The number of carbonyl (C=O) groups excluding carboxylic acids is 1. The molecular weight excluding hydrogens is 242 g/mol. The number of benzene rings is 1. The molecule has 1 amide bonds. The number of nitrogens with zero attached hydrogens (tertiary/aromatic N) is 1. The quantitative estimate of drug-likeness (QED) is 0.830. The Labute approximate surface area is 114 Å². The van der Waals surface area contributed by atoms with Crippen LogP contribution in [0.3, 0.4) is 0 Å². The lowest BCUT2D eigenvalue weighted by Crippen LogP contribution is -2.41. The van der Waals surface area contributed by atoms with Gasteiger partial charge in [-0.25, -0.2) is 0 Å². The number of amides is 1. The molecule has 1 atom stereocenters. The highest BCUT2D eigenvalue weighted by Crippen LogP contribution is 2.28. The second-order valence-electron chi connectivity index (χ2n) is 5.05. The van der Waals surface area contributed by atoms with E-state index in [1.165, 1.54) is 12.0 Å². The standard InChI is InChI=1S/C15H21NOS/c1-12(2)16(11-13-7-4-3-5-8-13)15(17)14-9-6-10-18-14/h3-5,7-8,12,14H,6,9-11H2,1-2H3. The second kappa shape index (κ2) is 6.28. The van der Waals surface area contributed by atoms with E-state index in [-0.39, 0.29) is 11.3 Å². The average molecular weight is 263 g/mol. The smallest absolute Gasteiger partial charge is 0.236 e. The van der Waals surface area contributed by atoms with Gasteiger partial charge in [-0.2, -0.15) is 0 Å². The fourth-order valence-corrected chi connectivity index (χ4v) is 3.48. The van der Waals surface area contributed by atoms with E-state index >= 15 is 0 Å². The van der Waals surface area contributed by atoms with Gasteiger partial charge in [0.2, 0.25) is 5.91 Å². The summed E-state index contributed by atoms with van der Waals surface area (Å²) in [7, 11) is 0. The van der Waals surface area contributed by atoms with Gasteiger partial charge in [0, 0.05) is 12.6 Å². The molecule has 0 N–H and O–H groups in total. The van der Waals surface area contributed by atoms with Crippen molar-refractivity contribution in [1.29, 1.82) is 0 Å². The zero-order valence-electron chi connectivity index (χ0n) is 11.1. The summed E-state index contributed by atoms with van der Waals surface area (Å²) < 4.78 is 0. The third kappa shape index (κ3) is 3.29. The predicted octanol–water partition coefficient (Wildman–Crippen LogP) is 3.32. The number of hydrogen-bond acceptors (Lipinski definition) is 2. The number of carbonyl (C=O) groups is 1. The molecule has 1 unspecified atom stereocenters. The maximum absolute atomic E-state index is 12.5. The lowest BCUT2D eigenvalue weighted by atomic mass is 10.1. The molecule has 18 heavy (non-hydrogen) atoms. The summed E-state index contributed by atoms with van der Waals surface area (Å²) in [6.45, 7) is 4.93. The third-order valence-electron chi connectivity index (χ3n) is 3.31. The summed E-state index contributed by atoms with van der Waals surface area (Å²) in [5, 5.41) is 0.191. The first-order valence-electron chi connectivity index (χ1n) is 6.64. The molecule has 1 fully saturated rings. The summed E-state index contributed by atoms with van der Waals surface area (Å²) in [4.78, 5) is 14.5. The minimum absolute atomic E-state index is 0.191. The summed E-state index contributed by atoms with van der Waals surface area (Å²) in [5.74, 6) is 1.45. The lowest BCUT2D eigenvalue weighted by Gasteiger charge is -2.29. The summed E-state index contributed by atoms with van der Waals surface area (Å²) in [5.41, 5.74) is 1.21. The minimum Gasteiger partial charge on any atom is -0.335 e. The molecule has 0 radical (unpaired) electrons. The molecule has 0 saturated carbocycles. The van der Waals surface area contributed by atoms with Crippen molar-refractivity contribution in [2.45, 2.75) is 44.5 Å². The van der Waals surface area contributed by atoms with Crippen molar-refractivity contribution in [2.75, 3.05) is 5.75 Å². The van der Waals surface area contributed by atoms with Gasteiger partial charge in [0.1, 0.15) is 0 Å². The summed E-state index contributed by atoms with van der Waals surface area (Å²) in [6.07, 6.45) is 2.22. The largest absolute Gasteiger partial charge is 0.335 e. The lowest BCUT2D eigenvalue weighted by molar-refractivity contribution is -0.133. The zero-order valence-corrected chi connectivity index (χ0v) is 12.0. The van der Waals surface area contributed by atoms with Gasteiger partial charge < -0.3 is 4.90 Å². The van der Waals surface area contributed by atoms with Gasteiger partial charge in [0.05, 0.1) is 5.25 Å². The average Bonchev–Trinajstić information content (AvgIpc) is 2.90. The highest BCUT2D eigenvalue weighted by atomic mass is 32.2. The van der Waals surface area contributed by atoms with Crippen molar-refractivity contribution in [2.24, 2.45) is 0 Å². The van der Waals surface area contributed by atoms with Crippen molar-refractivity contribution in [3.8, 4) is 0 Å². The van der Waals surface area contributed by atoms with Crippen LogP contribution in [-0.4, -0.2) is 27.9 Å². The Balaban J connectivity index is 2.06. The minimum atomic E-state index is 0.191. The van der Waals surface area contributed by atoms with E-state index in [0.717, 1.165) is 18.7 Å². The van der Waals surface area contributed by atoms with Crippen LogP contribution in [0.4, 0.5) is 0 Å². The molecule has 0 aliphatic carbocycles. The monoisotopic (exact) mass is 263 g/mol. The van der Waals surface area contributed by atoms with Gasteiger partial charge in [-0.15, -0.1) is 11.8 Å². The molecule has 2 nitrogen and oxygen atoms in total. The van der Waals surface area contributed by atoms with Crippen molar-refractivity contribution in [1.82, 2.24) is 4.90 Å². The predicted molar refractivity (Wildman–Crippen MR) is 77.6 cm³/mol. The van der Waals surface area contributed by atoms with E-state index in [1.54, 1.807) is 0 Å². The molecule has 0 bridgehead atoms. The first-order valence-corrected chi connectivity index (χ1v) is 7.69. The van der Waals surface area contributed by atoms with E-state index in [0.29, 0.717) is 5.91 Å². The van der Waals surface area contributed by atoms with Crippen molar-refractivity contribution in [3.63, 3.8) is 0 Å². The number of thioether (sulfide) groups is 1. The maximum Gasteiger partial charge on any atom is 0.236 e. The van der Waals surface area contributed by atoms with E-state index in [4.69, 9.17) is 0 Å². The SMILES string of the molecule is CC(C)N(Cc1ccccc1)C(=O)C1CCCS1. The Morgan fingerprint density at radius 3 is 2.67 bits per heavy atom. The molecular formula is C15H21NOS. The van der Waals surface area contributed by atoms with E-state index in [1.807, 2.05) is 34.9 Å². The Morgan fingerprint density at radius 2 is 2.11 bits per heavy atom. The van der Waals surface area contributed by atoms with Crippen LogP contribution in [0.15, 0.2) is 30.3 Å². The molecule has 98 valence electrons. The van der Waals surface area contributed by atoms with Crippen LogP contribution in [0.5, 0.6) is 0 Å². The first-order chi connectivity index (χ1) is 8.68. The van der Waals surface area contributed by atoms with Crippen LogP contribution in [-0.2, 0) is 11.3 Å². The van der Waals surface area contributed by atoms with Gasteiger partial charge in [-0.05, 0) is 38.0 Å². The van der Waals surface area contributed by atoms with Gasteiger partial charge in [-0.1, -0.05) is 30.3 Å². The van der Waals surface area contributed by atoms with Gasteiger partial charge >= 0.3 is 0 Å². The normalized spacial score (nSPS) is 19.2. The van der Waals surface area contributed by atoms with Gasteiger partial charge in [0.15, 0.2) is 0 Å². The fraction of sp³-hybridized carbons (Fsp3) is 0.533. The molecule has 1 heterocycles. The van der Waals surface area contributed by atoms with Crippen LogP contribution in [0.25, 0.3) is 0 Å². The van der Waals surface area contributed by atoms with Crippen LogP contribution < -0.4 is 0 Å². The van der Waals surface area contributed by atoms with Crippen molar-refractivity contribution in [3.05, 3.63) is 35.9 Å². The highest BCUT2D eigenvalue weighted by molar-refractivity contribution is 8.00. The molecule has 1 aliphatic rings. The van der Waals surface area contributed by atoms with Crippen LogP contribution in [0.1, 0.15) is 32.3 Å². The number of rotatable bonds is 4. The molecule has 0 aromatic heterocycles. The van der Waals surface area contributed by atoms with E-state index in [2.05, 4.69) is 26.0 Å². The van der Waals surface area contributed by atoms with Crippen LogP contribution >= 0.6 is 11.8 Å². The second-order valence-corrected chi connectivity index (χ2v) is 6.36. The zero-order chi connectivity index (χ0) is 13.0. The topological polar surface area (TPSA) is 20.3 Å². The maximum atomic E-state index is 12.5. The molecule has 3 heteroatoms. The molecule has 0 spiro atoms. The Morgan fingerprint density at radius 1 is 1.39 bits per heavy atom. The number of hydrogen-bond donors (Lipinski definition) is 0. The Bertz CT molecular complexity index is 385. The van der Waals surface area contributed by atoms with E-state index in [9.17, 15) is 4.79 Å². The first kappa shape index (κ1) is 13.5. The Hall–Kier alpha value is -0.960. The molecule has 2 rings (SSSR count). The van der Waals surface area contributed by atoms with Crippen LogP contribution in [0, 0.1) is 0 Å². The van der Waals surface area contributed by atoms with Crippen LogP contribution in [0.2, 0.25) is 0 Å². The highest BCUT2D eigenvalue weighted by Gasteiger charge is 2.29. The molecule has 1 aromatic rings. The molecule has 1 aromatic carbocycles. The van der Waals surface area contributed by atoms with Gasteiger partial charge in [-0.3, -0.25) is 4.79 Å². The fourth-order valence-electron chi connectivity index (χ4n) is 2.25. The summed E-state index contributed by atoms with van der Waals surface area (Å²) >= 11 is 1.82. The third-order valence-corrected chi connectivity index (χ3v) is 4.67. The molecule has 1 aliphatic heterocycles. The van der Waals surface area contributed by atoms with Crippen molar-refractivity contribution >= 4 is 17.7 Å². The summed E-state index contributed by atoms with van der Waals surface area (Å²) in [6, 6.07) is 10.5. The Kier molecular flexibility index (Phi) is 4.70. The molecule has 1 saturated heterocycles.